The minimum atomic E-state index is -0.584. The molecule has 3 N–H and O–H groups in total. The Bertz CT molecular complexity index is 1010. The monoisotopic (exact) mass is 356 g/mol. The van der Waals surface area contributed by atoms with Crippen molar-refractivity contribution < 1.29 is 4.79 Å². The minimum Gasteiger partial charge on any atom is -0.368 e. The first kappa shape index (κ1) is 15.8. The zero-order chi connectivity index (χ0) is 17.4. The molecule has 1 aliphatic carbocycles. The molecule has 3 aromatic rings. The summed E-state index contributed by atoms with van der Waals surface area (Å²) in [5.41, 5.74) is 5.62. The first-order chi connectivity index (χ1) is 12.1. The molecular formula is C16H16N6O2S. The molecule has 9 heteroatoms. The number of hydrogen-bond acceptors (Lipinski definition) is 6. The second kappa shape index (κ2) is 6.32. The van der Waals surface area contributed by atoms with Crippen molar-refractivity contribution in [3.8, 4) is 0 Å². The number of nitrogens with zero attached hydrogens (tertiary/aromatic N) is 4. The molecule has 0 atom stereocenters. The van der Waals surface area contributed by atoms with E-state index in [2.05, 4.69) is 20.2 Å². The normalized spacial score (nSPS) is 14.1. The Morgan fingerprint density at radius 3 is 2.88 bits per heavy atom. The SMILES string of the molecule is NC(=O)Cn1c(CSc2n[nH]c(C3CC3)n2)nc2ccccc2c1=O. The van der Waals surface area contributed by atoms with E-state index < -0.39 is 5.91 Å². The van der Waals surface area contributed by atoms with Crippen LogP contribution in [0.1, 0.15) is 30.4 Å². The highest BCUT2D eigenvalue weighted by Crippen LogP contribution is 2.38. The van der Waals surface area contributed by atoms with E-state index >= 15 is 0 Å². The highest BCUT2D eigenvalue weighted by molar-refractivity contribution is 7.98. The number of para-hydroxylation sites is 1. The molecule has 1 fully saturated rings. The molecule has 0 radical (unpaired) electrons. The van der Waals surface area contributed by atoms with Gasteiger partial charge in [-0.1, -0.05) is 23.9 Å². The van der Waals surface area contributed by atoms with Crippen LogP contribution in [0.15, 0.2) is 34.2 Å². The number of thioether (sulfide) groups is 1. The summed E-state index contributed by atoms with van der Waals surface area (Å²) >= 11 is 1.37. The fourth-order valence-electron chi connectivity index (χ4n) is 2.63. The van der Waals surface area contributed by atoms with Gasteiger partial charge in [0.15, 0.2) is 0 Å². The highest BCUT2D eigenvalue weighted by atomic mass is 32.2. The van der Waals surface area contributed by atoms with Crippen molar-refractivity contribution in [3.63, 3.8) is 0 Å². The standard InChI is InChI=1S/C16H16N6O2S/c17-12(23)7-22-13(18-11-4-2-1-3-10(11)15(22)24)8-25-16-19-14(20-21-16)9-5-6-9/h1-4,9H,5-8H2,(H2,17,23)(H,19,20,21). The third-order valence-corrected chi connectivity index (χ3v) is 4.87. The van der Waals surface area contributed by atoms with Crippen LogP contribution < -0.4 is 11.3 Å². The van der Waals surface area contributed by atoms with Crippen LogP contribution in [0.3, 0.4) is 0 Å². The molecule has 0 unspecified atom stereocenters. The Hall–Kier alpha value is -2.68. The number of aromatic amines is 1. The number of amides is 1. The van der Waals surface area contributed by atoms with Crippen molar-refractivity contribution in [2.75, 3.05) is 0 Å². The predicted molar refractivity (Wildman–Crippen MR) is 93.1 cm³/mol. The van der Waals surface area contributed by atoms with Gasteiger partial charge >= 0.3 is 0 Å². The Kier molecular flexibility index (Phi) is 4.00. The van der Waals surface area contributed by atoms with Crippen LogP contribution in [0.5, 0.6) is 0 Å². The predicted octanol–water partition coefficient (Wildman–Crippen LogP) is 1.17. The minimum absolute atomic E-state index is 0.201. The largest absolute Gasteiger partial charge is 0.368 e. The molecule has 2 heterocycles. The van der Waals surface area contributed by atoms with Crippen molar-refractivity contribution in [2.45, 2.75) is 36.2 Å². The molecule has 4 rings (SSSR count). The fraction of sp³-hybridized carbons (Fsp3) is 0.312. The summed E-state index contributed by atoms with van der Waals surface area (Å²) in [4.78, 5) is 33.0. The van der Waals surface area contributed by atoms with Gasteiger partial charge in [-0.15, -0.1) is 5.10 Å². The van der Waals surface area contributed by atoms with Gasteiger partial charge in [-0.2, -0.15) is 0 Å². The van der Waals surface area contributed by atoms with Gasteiger partial charge in [0.2, 0.25) is 11.1 Å². The van der Waals surface area contributed by atoms with E-state index in [0.29, 0.717) is 33.6 Å². The molecule has 2 aromatic heterocycles. The van der Waals surface area contributed by atoms with Gasteiger partial charge in [-0.05, 0) is 25.0 Å². The van der Waals surface area contributed by atoms with Crippen molar-refractivity contribution in [2.24, 2.45) is 5.73 Å². The maximum atomic E-state index is 12.7. The number of carbonyl (C=O) groups is 1. The molecule has 0 aliphatic heterocycles. The van der Waals surface area contributed by atoms with Crippen molar-refractivity contribution in [1.29, 1.82) is 0 Å². The van der Waals surface area contributed by atoms with Gasteiger partial charge in [-0.3, -0.25) is 19.3 Å². The van der Waals surface area contributed by atoms with Gasteiger partial charge in [0.1, 0.15) is 18.2 Å². The van der Waals surface area contributed by atoms with E-state index in [4.69, 9.17) is 5.73 Å². The zero-order valence-corrected chi connectivity index (χ0v) is 14.1. The molecule has 1 aromatic carbocycles. The van der Waals surface area contributed by atoms with Crippen LogP contribution in [-0.4, -0.2) is 30.6 Å². The maximum absolute atomic E-state index is 12.7. The molecule has 0 bridgehead atoms. The first-order valence-corrected chi connectivity index (χ1v) is 8.92. The lowest BCUT2D eigenvalue weighted by molar-refractivity contribution is -0.118. The van der Waals surface area contributed by atoms with Crippen LogP contribution in [0.25, 0.3) is 10.9 Å². The molecule has 1 saturated carbocycles. The summed E-state index contributed by atoms with van der Waals surface area (Å²) in [6.07, 6.45) is 2.29. The summed E-state index contributed by atoms with van der Waals surface area (Å²) in [7, 11) is 0. The van der Waals surface area contributed by atoms with E-state index in [9.17, 15) is 9.59 Å². The average molecular weight is 356 g/mol. The molecule has 0 spiro atoms. The summed E-state index contributed by atoms with van der Waals surface area (Å²) in [6, 6.07) is 7.05. The third-order valence-electron chi connectivity index (χ3n) is 4.03. The molecule has 1 aliphatic rings. The van der Waals surface area contributed by atoms with Gasteiger partial charge in [-0.25, -0.2) is 9.97 Å². The highest BCUT2D eigenvalue weighted by Gasteiger charge is 2.27. The Labute approximate surface area is 146 Å². The van der Waals surface area contributed by atoms with Crippen molar-refractivity contribution in [3.05, 3.63) is 46.3 Å². The topological polar surface area (TPSA) is 120 Å². The van der Waals surface area contributed by atoms with E-state index in [1.165, 1.54) is 16.3 Å². The second-order valence-electron chi connectivity index (χ2n) is 5.97. The quantitative estimate of drug-likeness (QED) is 0.640. The van der Waals surface area contributed by atoms with E-state index in [1.807, 2.05) is 6.07 Å². The number of nitrogens with one attached hydrogen (secondary N) is 1. The summed E-state index contributed by atoms with van der Waals surface area (Å²) in [5, 5.41) is 8.21. The van der Waals surface area contributed by atoms with Crippen LogP contribution in [0.4, 0.5) is 0 Å². The van der Waals surface area contributed by atoms with Gasteiger partial charge in [0, 0.05) is 5.92 Å². The van der Waals surface area contributed by atoms with Crippen LogP contribution >= 0.6 is 11.8 Å². The maximum Gasteiger partial charge on any atom is 0.261 e. The molecule has 1 amide bonds. The lowest BCUT2D eigenvalue weighted by Crippen LogP contribution is -2.31. The third kappa shape index (κ3) is 3.27. The lowest BCUT2D eigenvalue weighted by Gasteiger charge is -2.11. The molecule has 8 nitrogen and oxygen atoms in total. The summed E-state index contributed by atoms with van der Waals surface area (Å²) in [5.74, 6) is 1.66. The second-order valence-corrected chi connectivity index (χ2v) is 6.91. The van der Waals surface area contributed by atoms with E-state index in [1.54, 1.807) is 18.2 Å². The smallest absolute Gasteiger partial charge is 0.261 e. The van der Waals surface area contributed by atoms with Crippen LogP contribution in [0, 0.1) is 0 Å². The number of hydrogen-bond donors (Lipinski definition) is 2. The van der Waals surface area contributed by atoms with Crippen LogP contribution in [0.2, 0.25) is 0 Å². The van der Waals surface area contributed by atoms with Gasteiger partial charge < -0.3 is 5.73 Å². The molecule has 25 heavy (non-hydrogen) atoms. The Balaban J connectivity index is 1.66. The Morgan fingerprint density at radius 1 is 1.32 bits per heavy atom. The van der Waals surface area contributed by atoms with E-state index in [0.717, 1.165) is 18.7 Å². The lowest BCUT2D eigenvalue weighted by atomic mass is 10.2. The number of rotatable bonds is 6. The number of fused-ring (bicyclic) bond motifs is 1. The number of aromatic nitrogens is 5. The molecule has 128 valence electrons. The van der Waals surface area contributed by atoms with Crippen molar-refractivity contribution >= 4 is 28.6 Å². The Morgan fingerprint density at radius 2 is 2.12 bits per heavy atom. The van der Waals surface area contributed by atoms with Crippen LogP contribution in [-0.2, 0) is 17.1 Å². The number of primary amides is 1. The van der Waals surface area contributed by atoms with Gasteiger partial charge in [0.25, 0.3) is 5.56 Å². The summed E-state index contributed by atoms with van der Waals surface area (Å²) in [6.45, 7) is -0.201. The first-order valence-electron chi connectivity index (χ1n) is 7.93. The zero-order valence-electron chi connectivity index (χ0n) is 13.3. The number of carbonyl (C=O) groups excluding carboxylic acids is 1. The van der Waals surface area contributed by atoms with E-state index in [-0.39, 0.29) is 12.1 Å². The fourth-order valence-corrected chi connectivity index (χ4v) is 3.39. The molecular weight excluding hydrogens is 340 g/mol. The number of benzene rings is 1. The van der Waals surface area contributed by atoms with Crippen molar-refractivity contribution in [1.82, 2.24) is 24.7 Å². The summed E-state index contributed by atoms with van der Waals surface area (Å²) < 4.78 is 1.33. The average Bonchev–Trinajstić information content (AvgIpc) is 3.34. The van der Waals surface area contributed by atoms with Gasteiger partial charge in [0.05, 0.1) is 16.7 Å². The number of H-pyrrole nitrogens is 1. The number of nitrogens with two attached hydrogens (primary N) is 1. The molecule has 0 saturated heterocycles.